The van der Waals surface area contributed by atoms with Gasteiger partial charge in [0.15, 0.2) is 0 Å². The van der Waals surface area contributed by atoms with Crippen LogP contribution >= 0.6 is 0 Å². The van der Waals surface area contributed by atoms with Crippen LogP contribution in [-0.2, 0) is 27.8 Å². The van der Waals surface area contributed by atoms with Crippen LogP contribution in [0.25, 0.3) is 11.3 Å². The van der Waals surface area contributed by atoms with Gasteiger partial charge in [0.2, 0.25) is 5.91 Å². The Kier molecular flexibility index (Phi) is 6.70. The van der Waals surface area contributed by atoms with Gasteiger partial charge in [-0.25, -0.2) is 0 Å². The summed E-state index contributed by atoms with van der Waals surface area (Å²) in [6, 6.07) is 14.5. The van der Waals surface area contributed by atoms with Crippen LogP contribution in [0.15, 0.2) is 60.9 Å². The molecule has 2 N–H and O–H groups in total. The average Bonchev–Trinajstić information content (AvgIpc) is 3.12. The van der Waals surface area contributed by atoms with E-state index >= 15 is 0 Å². The maximum Gasteiger partial charge on any atom is 0.319 e. The first-order valence-electron chi connectivity index (χ1n) is 9.16. The number of aryl methyl sites for hydroxylation is 1. The molecule has 2 heterocycles. The Morgan fingerprint density at radius 2 is 1.86 bits per heavy atom. The van der Waals surface area contributed by atoms with Crippen LogP contribution in [0.5, 0.6) is 0 Å². The first-order chi connectivity index (χ1) is 14.1. The van der Waals surface area contributed by atoms with E-state index in [1.165, 1.54) is 7.11 Å². The van der Waals surface area contributed by atoms with Crippen molar-refractivity contribution in [3.63, 3.8) is 0 Å². The van der Waals surface area contributed by atoms with Crippen LogP contribution in [-0.4, -0.2) is 46.3 Å². The third kappa shape index (κ3) is 5.49. The Hall–Kier alpha value is -3.52. The number of carbonyl (C=O) groups is 2. The lowest BCUT2D eigenvalue weighted by Gasteiger charge is -2.18. The predicted molar refractivity (Wildman–Crippen MR) is 109 cm³/mol. The first kappa shape index (κ1) is 20.2. The Morgan fingerprint density at radius 1 is 1.14 bits per heavy atom. The van der Waals surface area contributed by atoms with Gasteiger partial charge in [-0.2, -0.15) is 5.10 Å². The summed E-state index contributed by atoms with van der Waals surface area (Å²) >= 11 is 0. The highest BCUT2D eigenvalue weighted by atomic mass is 16.5. The Balaban J connectivity index is 1.75. The highest BCUT2D eigenvalue weighted by Gasteiger charge is 2.21. The number of ether oxygens (including phenoxy) is 1. The topological polar surface area (TPSA) is 98.1 Å². The Bertz CT molecular complexity index is 957. The lowest BCUT2D eigenvalue weighted by molar-refractivity contribution is -0.139. The summed E-state index contributed by atoms with van der Waals surface area (Å²) in [4.78, 5) is 28.5. The number of pyridine rings is 1. The van der Waals surface area contributed by atoms with Crippen molar-refractivity contribution in [2.45, 2.75) is 12.5 Å². The smallest absolute Gasteiger partial charge is 0.319 e. The second kappa shape index (κ2) is 9.61. The van der Waals surface area contributed by atoms with E-state index in [4.69, 9.17) is 0 Å². The van der Waals surface area contributed by atoms with Crippen molar-refractivity contribution < 1.29 is 14.3 Å². The fourth-order valence-electron chi connectivity index (χ4n) is 2.85. The number of methoxy groups -OCH3 is 1. The summed E-state index contributed by atoms with van der Waals surface area (Å²) in [6.07, 6.45) is 3.81. The van der Waals surface area contributed by atoms with Crippen LogP contribution in [0.4, 0.5) is 5.82 Å². The fraction of sp³-hybridized carbons (Fsp3) is 0.238. The fourth-order valence-corrected chi connectivity index (χ4v) is 2.85. The number of esters is 1. The lowest BCUT2D eigenvalue weighted by atomic mass is 10.1. The van der Waals surface area contributed by atoms with E-state index in [1.807, 2.05) is 42.5 Å². The molecular weight excluding hydrogens is 370 g/mol. The van der Waals surface area contributed by atoms with Gasteiger partial charge in [-0.05, 0) is 24.1 Å². The highest BCUT2D eigenvalue weighted by Crippen LogP contribution is 2.20. The monoisotopic (exact) mass is 393 g/mol. The van der Waals surface area contributed by atoms with Gasteiger partial charge in [0.1, 0.15) is 5.82 Å². The maximum absolute atomic E-state index is 12.9. The number of aromatic nitrogens is 3. The molecule has 0 aliphatic carbocycles. The molecule has 150 valence electrons. The van der Waals surface area contributed by atoms with E-state index in [0.29, 0.717) is 12.2 Å². The molecule has 1 aromatic carbocycles. The van der Waals surface area contributed by atoms with Gasteiger partial charge < -0.3 is 10.1 Å². The molecule has 8 heteroatoms. The van der Waals surface area contributed by atoms with Crippen LogP contribution in [0.2, 0.25) is 0 Å². The van der Waals surface area contributed by atoms with Gasteiger partial charge in [0.25, 0.3) is 0 Å². The number of anilines is 1. The lowest BCUT2D eigenvalue weighted by Crippen LogP contribution is -2.44. The van der Waals surface area contributed by atoms with E-state index < -0.39 is 12.0 Å². The minimum Gasteiger partial charge on any atom is -0.468 e. The molecule has 0 spiro atoms. The number of hydrogen-bond acceptors (Lipinski definition) is 6. The molecule has 0 aliphatic rings. The number of benzene rings is 1. The quantitative estimate of drug-likeness (QED) is 0.566. The summed E-state index contributed by atoms with van der Waals surface area (Å²) in [5, 5.41) is 10.3. The van der Waals surface area contributed by atoms with Gasteiger partial charge in [0, 0.05) is 31.1 Å². The SMILES string of the molecule is COC(=O)CNC(Cc1ccccc1)C(=O)Nc1cc(-c2ccncc2)nn1C. The third-order valence-corrected chi connectivity index (χ3v) is 4.43. The molecule has 2 aromatic heterocycles. The van der Waals surface area contributed by atoms with Crippen LogP contribution < -0.4 is 10.6 Å². The molecule has 1 amide bonds. The van der Waals surface area contributed by atoms with Crippen molar-refractivity contribution in [2.24, 2.45) is 7.05 Å². The molecule has 8 nitrogen and oxygen atoms in total. The summed E-state index contributed by atoms with van der Waals surface area (Å²) < 4.78 is 6.27. The minimum atomic E-state index is -0.615. The second-order valence-electron chi connectivity index (χ2n) is 6.46. The zero-order valence-corrected chi connectivity index (χ0v) is 16.3. The Labute approximate surface area is 168 Å². The van der Waals surface area contributed by atoms with Crippen molar-refractivity contribution in [2.75, 3.05) is 19.0 Å². The van der Waals surface area contributed by atoms with Gasteiger partial charge in [-0.1, -0.05) is 30.3 Å². The van der Waals surface area contributed by atoms with Crippen molar-refractivity contribution >= 4 is 17.7 Å². The maximum atomic E-state index is 12.9. The second-order valence-corrected chi connectivity index (χ2v) is 6.46. The molecule has 3 aromatic rings. The third-order valence-electron chi connectivity index (χ3n) is 4.43. The molecule has 0 fully saturated rings. The number of hydrogen-bond donors (Lipinski definition) is 2. The molecule has 0 aliphatic heterocycles. The molecule has 0 radical (unpaired) electrons. The summed E-state index contributed by atoms with van der Waals surface area (Å²) in [5.74, 6) is -0.141. The normalized spacial score (nSPS) is 11.7. The molecule has 1 unspecified atom stereocenters. The molecule has 0 bridgehead atoms. The number of amides is 1. The number of carbonyl (C=O) groups excluding carboxylic acids is 2. The highest BCUT2D eigenvalue weighted by molar-refractivity contribution is 5.95. The summed E-state index contributed by atoms with van der Waals surface area (Å²) in [5.41, 5.74) is 2.61. The van der Waals surface area contributed by atoms with Crippen molar-refractivity contribution in [3.8, 4) is 11.3 Å². The van der Waals surface area contributed by atoms with Crippen LogP contribution in [0, 0.1) is 0 Å². The zero-order valence-electron chi connectivity index (χ0n) is 16.3. The van der Waals surface area contributed by atoms with Crippen LogP contribution in [0.1, 0.15) is 5.56 Å². The standard InChI is InChI=1S/C21H23N5O3/c1-26-19(13-17(25-26)16-8-10-22-11-9-16)24-21(28)18(23-14-20(27)29-2)12-15-6-4-3-5-7-15/h3-11,13,18,23H,12,14H2,1-2H3,(H,24,28). The molecule has 0 saturated carbocycles. The Morgan fingerprint density at radius 3 is 2.55 bits per heavy atom. The van der Waals surface area contributed by atoms with Crippen molar-refractivity contribution in [1.29, 1.82) is 0 Å². The first-order valence-corrected chi connectivity index (χ1v) is 9.16. The number of rotatable bonds is 8. The zero-order chi connectivity index (χ0) is 20.6. The van der Waals surface area contributed by atoms with E-state index in [9.17, 15) is 9.59 Å². The molecule has 3 rings (SSSR count). The van der Waals surface area contributed by atoms with Gasteiger partial charge in [-0.15, -0.1) is 0 Å². The molecule has 29 heavy (non-hydrogen) atoms. The van der Waals surface area contributed by atoms with Crippen molar-refractivity contribution in [3.05, 3.63) is 66.5 Å². The predicted octanol–water partition coefficient (Wildman–Crippen LogP) is 1.79. The molecule has 1 atom stereocenters. The minimum absolute atomic E-state index is 0.0604. The number of nitrogens with zero attached hydrogens (tertiary/aromatic N) is 3. The van der Waals surface area contributed by atoms with Gasteiger partial charge in [-0.3, -0.25) is 24.6 Å². The summed E-state index contributed by atoms with van der Waals surface area (Å²) in [6.45, 7) is -0.0604. The van der Waals surface area contributed by atoms with Crippen molar-refractivity contribution in [1.82, 2.24) is 20.1 Å². The largest absolute Gasteiger partial charge is 0.468 e. The molecular formula is C21H23N5O3. The van der Waals surface area contributed by atoms with E-state index in [1.54, 1.807) is 30.2 Å². The van der Waals surface area contributed by atoms with E-state index in [0.717, 1.165) is 16.8 Å². The van der Waals surface area contributed by atoms with Gasteiger partial charge >= 0.3 is 5.97 Å². The average molecular weight is 393 g/mol. The van der Waals surface area contributed by atoms with Crippen LogP contribution in [0.3, 0.4) is 0 Å². The van der Waals surface area contributed by atoms with E-state index in [-0.39, 0.29) is 12.5 Å². The summed E-state index contributed by atoms with van der Waals surface area (Å²) in [7, 11) is 3.07. The number of nitrogens with one attached hydrogen (secondary N) is 2. The van der Waals surface area contributed by atoms with E-state index in [2.05, 4.69) is 25.5 Å². The van der Waals surface area contributed by atoms with Gasteiger partial charge in [0.05, 0.1) is 25.4 Å². The molecule has 0 saturated heterocycles.